The van der Waals surface area contributed by atoms with Gasteiger partial charge in [-0.2, -0.15) is 0 Å². The molecule has 0 radical (unpaired) electrons. The molecule has 0 spiro atoms. The van der Waals surface area contributed by atoms with E-state index in [1.165, 1.54) is 4.90 Å². The van der Waals surface area contributed by atoms with Crippen molar-refractivity contribution < 1.29 is 14.3 Å². The molecule has 2 aromatic rings. The minimum atomic E-state index is -0.695. The van der Waals surface area contributed by atoms with Crippen LogP contribution in [0.2, 0.25) is 15.1 Å². The largest absolute Gasteiger partial charge is 0.484 e. The maximum Gasteiger partial charge on any atom is 0.261 e. The van der Waals surface area contributed by atoms with Crippen LogP contribution in [0.15, 0.2) is 36.4 Å². The summed E-state index contributed by atoms with van der Waals surface area (Å²) in [4.78, 5) is 27.7. The number of rotatable bonds is 10. The van der Waals surface area contributed by atoms with Crippen LogP contribution >= 0.6 is 34.8 Å². The molecule has 5 nitrogen and oxygen atoms in total. The summed E-state index contributed by atoms with van der Waals surface area (Å²) >= 11 is 18.8. The highest BCUT2D eigenvalue weighted by Gasteiger charge is 2.30. The Morgan fingerprint density at radius 3 is 2.25 bits per heavy atom. The molecular formula is C24H29Cl3N2O3. The van der Waals surface area contributed by atoms with Crippen LogP contribution in [-0.4, -0.2) is 35.4 Å². The van der Waals surface area contributed by atoms with E-state index in [0.29, 0.717) is 32.8 Å². The first-order chi connectivity index (χ1) is 15.2. The van der Waals surface area contributed by atoms with Crippen LogP contribution in [0.25, 0.3) is 0 Å². The van der Waals surface area contributed by atoms with Crippen LogP contribution < -0.4 is 10.1 Å². The molecule has 8 heteroatoms. The van der Waals surface area contributed by atoms with E-state index >= 15 is 0 Å². The van der Waals surface area contributed by atoms with Crippen LogP contribution in [0, 0.1) is 6.92 Å². The number of hydrogen-bond donors (Lipinski definition) is 1. The van der Waals surface area contributed by atoms with Gasteiger partial charge in [0.25, 0.3) is 5.91 Å². The van der Waals surface area contributed by atoms with Crippen molar-refractivity contribution in [2.45, 2.75) is 59.2 Å². The first-order valence-corrected chi connectivity index (χ1v) is 11.7. The summed E-state index contributed by atoms with van der Waals surface area (Å²) in [7, 11) is 0. The Morgan fingerprint density at radius 1 is 1.03 bits per heavy atom. The van der Waals surface area contributed by atoms with Gasteiger partial charge >= 0.3 is 0 Å². The molecule has 0 aromatic heterocycles. The van der Waals surface area contributed by atoms with Crippen LogP contribution in [0.4, 0.5) is 0 Å². The number of benzene rings is 2. The van der Waals surface area contributed by atoms with Crippen molar-refractivity contribution in [3.63, 3.8) is 0 Å². The first kappa shape index (κ1) is 26.3. The molecule has 2 amide bonds. The number of nitrogens with one attached hydrogen (secondary N) is 1. The van der Waals surface area contributed by atoms with Crippen molar-refractivity contribution in [3.05, 3.63) is 62.6 Å². The number of halogens is 3. The van der Waals surface area contributed by atoms with Crippen molar-refractivity contribution in [2.75, 3.05) is 6.61 Å². The summed E-state index contributed by atoms with van der Waals surface area (Å²) in [6.45, 7) is 7.48. The lowest BCUT2D eigenvalue weighted by Gasteiger charge is -2.32. The van der Waals surface area contributed by atoms with Gasteiger partial charge in [0.05, 0.1) is 0 Å². The van der Waals surface area contributed by atoms with Gasteiger partial charge in [-0.1, -0.05) is 54.7 Å². The highest BCUT2D eigenvalue weighted by atomic mass is 35.5. The van der Waals surface area contributed by atoms with Gasteiger partial charge in [0.15, 0.2) is 6.61 Å². The van der Waals surface area contributed by atoms with Crippen molar-refractivity contribution in [1.29, 1.82) is 0 Å². The predicted molar refractivity (Wildman–Crippen MR) is 131 cm³/mol. The summed E-state index contributed by atoms with van der Waals surface area (Å²) in [6, 6.07) is 9.62. The van der Waals surface area contributed by atoms with E-state index in [2.05, 4.69) is 5.32 Å². The molecule has 0 heterocycles. The SMILES string of the molecule is CC[C@@H](C)NC(=O)[C@@H](CC)N(Cc1c(Cl)cccc1Cl)C(=O)COc1ccc(Cl)c(C)c1. The van der Waals surface area contributed by atoms with Gasteiger partial charge in [-0.05, 0) is 62.6 Å². The molecule has 0 fully saturated rings. The van der Waals surface area contributed by atoms with E-state index < -0.39 is 6.04 Å². The van der Waals surface area contributed by atoms with E-state index in [4.69, 9.17) is 39.5 Å². The molecule has 0 bridgehead atoms. The lowest BCUT2D eigenvalue weighted by molar-refractivity contribution is -0.143. The molecule has 0 aliphatic carbocycles. The van der Waals surface area contributed by atoms with Gasteiger partial charge in [0.1, 0.15) is 11.8 Å². The van der Waals surface area contributed by atoms with Crippen molar-refractivity contribution in [2.24, 2.45) is 0 Å². The van der Waals surface area contributed by atoms with Gasteiger partial charge in [0, 0.05) is 33.2 Å². The normalized spacial score (nSPS) is 12.7. The highest BCUT2D eigenvalue weighted by Crippen LogP contribution is 2.27. The molecular weight excluding hydrogens is 471 g/mol. The highest BCUT2D eigenvalue weighted by molar-refractivity contribution is 6.36. The molecule has 2 atom stereocenters. The third-order valence-corrected chi connectivity index (χ3v) is 6.40. The van der Waals surface area contributed by atoms with Crippen LogP contribution in [-0.2, 0) is 16.1 Å². The lowest BCUT2D eigenvalue weighted by Crippen LogP contribution is -2.51. The molecule has 1 N–H and O–H groups in total. The third kappa shape index (κ3) is 7.03. The summed E-state index contributed by atoms with van der Waals surface area (Å²) in [6.07, 6.45) is 1.21. The second-order valence-electron chi connectivity index (χ2n) is 7.66. The monoisotopic (exact) mass is 498 g/mol. The van der Waals surface area contributed by atoms with Crippen molar-refractivity contribution in [3.8, 4) is 5.75 Å². The molecule has 0 aliphatic heterocycles. The quantitative estimate of drug-likeness (QED) is 0.432. The maximum absolute atomic E-state index is 13.3. The van der Waals surface area contributed by atoms with E-state index in [1.54, 1.807) is 36.4 Å². The second kappa shape index (κ2) is 12.3. The Morgan fingerprint density at radius 2 is 1.69 bits per heavy atom. The van der Waals surface area contributed by atoms with Gasteiger partial charge < -0.3 is 15.0 Å². The molecule has 0 saturated carbocycles. The molecule has 174 valence electrons. The Bertz CT molecular complexity index is 932. The average Bonchev–Trinajstić information content (AvgIpc) is 2.76. The van der Waals surface area contributed by atoms with E-state index in [0.717, 1.165) is 12.0 Å². The Labute approximate surface area is 205 Å². The number of carbonyl (C=O) groups is 2. The van der Waals surface area contributed by atoms with E-state index in [-0.39, 0.29) is 31.0 Å². The fourth-order valence-corrected chi connectivity index (χ4v) is 3.78. The number of carbonyl (C=O) groups excluding carboxylic acids is 2. The molecule has 2 rings (SSSR count). The van der Waals surface area contributed by atoms with Gasteiger partial charge in [0.2, 0.25) is 5.91 Å². The Kier molecular flexibility index (Phi) is 10.1. The number of amides is 2. The topological polar surface area (TPSA) is 58.6 Å². The lowest BCUT2D eigenvalue weighted by atomic mass is 10.1. The van der Waals surface area contributed by atoms with Gasteiger partial charge in [-0.15, -0.1) is 0 Å². The zero-order valence-electron chi connectivity index (χ0n) is 18.8. The summed E-state index contributed by atoms with van der Waals surface area (Å²) in [5.41, 5.74) is 1.43. The van der Waals surface area contributed by atoms with Crippen molar-refractivity contribution >= 4 is 46.6 Å². The molecule has 2 aromatic carbocycles. The second-order valence-corrected chi connectivity index (χ2v) is 8.89. The minimum absolute atomic E-state index is 0.00862. The molecule has 0 aliphatic rings. The standard InChI is InChI=1S/C24H29Cl3N2O3/c1-5-16(4)28-24(31)22(6-2)29(13-18-20(26)8-7-9-21(18)27)23(30)14-32-17-10-11-19(25)15(3)12-17/h7-12,16,22H,5-6,13-14H2,1-4H3,(H,28,31)/t16-,22-/m1/s1. The number of aryl methyl sites for hydroxylation is 1. The smallest absolute Gasteiger partial charge is 0.261 e. The average molecular weight is 500 g/mol. The zero-order chi connectivity index (χ0) is 23.8. The maximum atomic E-state index is 13.3. The van der Waals surface area contributed by atoms with Gasteiger partial charge in [-0.25, -0.2) is 0 Å². The summed E-state index contributed by atoms with van der Waals surface area (Å²) in [5, 5.41) is 4.45. The fraction of sp³-hybridized carbons (Fsp3) is 0.417. The molecule has 0 saturated heterocycles. The number of ether oxygens (including phenoxy) is 1. The number of hydrogen-bond acceptors (Lipinski definition) is 3. The number of nitrogens with zero attached hydrogens (tertiary/aromatic N) is 1. The Hall–Kier alpha value is -1.95. The molecule has 0 unspecified atom stereocenters. The van der Waals surface area contributed by atoms with Crippen molar-refractivity contribution in [1.82, 2.24) is 10.2 Å². The first-order valence-electron chi connectivity index (χ1n) is 10.6. The fourth-order valence-electron chi connectivity index (χ4n) is 3.15. The van der Waals surface area contributed by atoms with Gasteiger partial charge in [-0.3, -0.25) is 9.59 Å². The minimum Gasteiger partial charge on any atom is -0.484 e. The third-order valence-electron chi connectivity index (χ3n) is 5.27. The molecule has 32 heavy (non-hydrogen) atoms. The van der Waals surface area contributed by atoms with E-state index in [9.17, 15) is 9.59 Å². The summed E-state index contributed by atoms with van der Waals surface area (Å²) in [5.74, 6) is -0.0477. The van der Waals surface area contributed by atoms with Crippen LogP contribution in [0.5, 0.6) is 5.75 Å². The summed E-state index contributed by atoms with van der Waals surface area (Å²) < 4.78 is 5.71. The Balaban J connectivity index is 2.29. The predicted octanol–water partition coefficient (Wildman–Crippen LogP) is 6.06. The van der Waals surface area contributed by atoms with Crippen LogP contribution in [0.3, 0.4) is 0 Å². The van der Waals surface area contributed by atoms with E-state index in [1.807, 2.05) is 27.7 Å². The zero-order valence-corrected chi connectivity index (χ0v) is 21.0. The van der Waals surface area contributed by atoms with Crippen LogP contribution in [0.1, 0.15) is 44.7 Å².